The van der Waals surface area contributed by atoms with Gasteiger partial charge in [-0.15, -0.1) is 11.3 Å². The summed E-state index contributed by atoms with van der Waals surface area (Å²) in [4.78, 5) is 19.0. The molecular formula is C21H21FN2O3S. The van der Waals surface area contributed by atoms with Gasteiger partial charge in [0.1, 0.15) is 15.7 Å². The van der Waals surface area contributed by atoms with Crippen LogP contribution in [-0.4, -0.2) is 43.6 Å². The second-order valence-corrected chi connectivity index (χ2v) is 7.21. The van der Waals surface area contributed by atoms with Gasteiger partial charge in [-0.2, -0.15) is 0 Å². The van der Waals surface area contributed by atoms with Crippen LogP contribution in [0.1, 0.15) is 15.2 Å². The molecule has 0 saturated carbocycles. The zero-order valence-electron chi connectivity index (χ0n) is 15.9. The van der Waals surface area contributed by atoms with E-state index in [-0.39, 0.29) is 11.7 Å². The van der Waals surface area contributed by atoms with Gasteiger partial charge in [-0.05, 0) is 36.2 Å². The fourth-order valence-corrected chi connectivity index (χ4v) is 3.69. The first-order chi connectivity index (χ1) is 13.5. The molecule has 146 valence electrons. The van der Waals surface area contributed by atoms with Crippen molar-refractivity contribution >= 4 is 17.2 Å². The van der Waals surface area contributed by atoms with E-state index >= 15 is 0 Å². The first-order valence-corrected chi connectivity index (χ1v) is 9.52. The Bertz CT molecular complexity index is 974. The summed E-state index contributed by atoms with van der Waals surface area (Å²) in [5, 5.41) is 0.495. The predicted molar refractivity (Wildman–Crippen MR) is 108 cm³/mol. The lowest BCUT2D eigenvalue weighted by atomic mass is 10.1. The van der Waals surface area contributed by atoms with E-state index in [0.717, 1.165) is 5.56 Å². The van der Waals surface area contributed by atoms with Crippen LogP contribution < -0.4 is 9.47 Å². The van der Waals surface area contributed by atoms with Crippen LogP contribution in [0.2, 0.25) is 0 Å². The molecule has 3 aromatic rings. The molecule has 0 spiro atoms. The normalized spacial score (nSPS) is 10.6. The Morgan fingerprint density at radius 1 is 1.14 bits per heavy atom. The lowest BCUT2D eigenvalue weighted by Gasteiger charge is -2.16. The molecule has 5 nitrogen and oxygen atoms in total. The summed E-state index contributed by atoms with van der Waals surface area (Å²) in [6.45, 7) is 0.529. The van der Waals surface area contributed by atoms with Crippen molar-refractivity contribution in [1.29, 1.82) is 0 Å². The van der Waals surface area contributed by atoms with Crippen molar-refractivity contribution < 1.29 is 18.7 Å². The summed E-state index contributed by atoms with van der Waals surface area (Å²) in [5.74, 6) is 0.838. The third kappa shape index (κ3) is 4.31. The summed E-state index contributed by atoms with van der Waals surface area (Å²) in [7, 11) is 4.93. The molecule has 0 saturated heterocycles. The summed E-state index contributed by atoms with van der Waals surface area (Å²) in [6.07, 6.45) is 2.17. The van der Waals surface area contributed by atoms with Crippen molar-refractivity contribution in [2.75, 3.05) is 27.8 Å². The molecule has 0 aliphatic rings. The number of likely N-dealkylation sites (N-methyl/N-ethyl adjacent to an activating group) is 1. The Balaban J connectivity index is 1.66. The monoisotopic (exact) mass is 400 g/mol. The van der Waals surface area contributed by atoms with Crippen LogP contribution >= 0.6 is 11.3 Å². The molecular weight excluding hydrogens is 379 g/mol. The SMILES string of the molecule is COc1ccc(CCN(C)C(=O)c2cnc(-c3ccccc3F)s2)cc1OC. The van der Waals surface area contributed by atoms with Gasteiger partial charge in [0.25, 0.3) is 5.91 Å². The topological polar surface area (TPSA) is 51.7 Å². The van der Waals surface area contributed by atoms with E-state index in [1.807, 2.05) is 18.2 Å². The van der Waals surface area contributed by atoms with Crippen LogP contribution in [-0.2, 0) is 6.42 Å². The summed E-state index contributed by atoms with van der Waals surface area (Å²) >= 11 is 1.19. The highest BCUT2D eigenvalue weighted by Gasteiger charge is 2.17. The number of carbonyl (C=O) groups excluding carboxylic acids is 1. The Labute approximate surface area is 167 Å². The van der Waals surface area contributed by atoms with E-state index in [4.69, 9.17) is 9.47 Å². The molecule has 0 atom stereocenters. The molecule has 7 heteroatoms. The standard InChI is InChI=1S/C21H21FN2O3S/c1-24(11-10-14-8-9-17(26-2)18(12-14)27-3)21(25)19-13-23-20(28-19)15-6-4-5-7-16(15)22/h4-9,12-13H,10-11H2,1-3H3. The van der Waals surface area contributed by atoms with Gasteiger partial charge in [0.2, 0.25) is 0 Å². The van der Waals surface area contributed by atoms with Gasteiger partial charge >= 0.3 is 0 Å². The molecule has 1 amide bonds. The number of hydrogen-bond acceptors (Lipinski definition) is 5. The van der Waals surface area contributed by atoms with Crippen LogP contribution in [0, 0.1) is 5.82 Å². The molecule has 1 heterocycles. The molecule has 1 aromatic heterocycles. The minimum Gasteiger partial charge on any atom is -0.493 e. The summed E-state index contributed by atoms with van der Waals surface area (Å²) < 4.78 is 24.5. The number of rotatable bonds is 7. The largest absolute Gasteiger partial charge is 0.493 e. The van der Waals surface area contributed by atoms with E-state index in [0.29, 0.717) is 39.9 Å². The van der Waals surface area contributed by atoms with E-state index < -0.39 is 0 Å². The summed E-state index contributed by atoms with van der Waals surface area (Å²) in [6, 6.07) is 12.1. The molecule has 28 heavy (non-hydrogen) atoms. The fraction of sp³-hybridized carbons (Fsp3) is 0.238. The van der Waals surface area contributed by atoms with Crippen molar-refractivity contribution in [3.63, 3.8) is 0 Å². The number of ether oxygens (including phenoxy) is 2. The summed E-state index contributed by atoms with van der Waals surface area (Å²) in [5.41, 5.74) is 1.44. The number of carbonyl (C=O) groups is 1. The Kier molecular flexibility index (Phi) is 6.26. The van der Waals surface area contributed by atoms with Gasteiger partial charge in [-0.1, -0.05) is 18.2 Å². The molecule has 0 aliphatic carbocycles. The van der Waals surface area contributed by atoms with Crippen LogP contribution in [0.3, 0.4) is 0 Å². The van der Waals surface area contributed by atoms with E-state index in [2.05, 4.69) is 4.98 Å². The molecule has 0 radical (unpaired) electrons. The Morgan fingerprint density at radius 3 is 2.61 bits per heavy atom. The van der Waals surface area contributed by atoms with Crippen molar-refractivity contribution in [3.05, 3.63) is 64.9 Å². The Morgan fingerprint density at radius 2 is 1.89 bits per heavy atom. The van der Waals surface area contributed by atoms with Crippen molar-refractivity contribution in [3.8, 4) is 22.1 Å². The maximum atomic E-state index is 13.9. The van der Waals surface area contributed by atoms with Gasteiger partial charge in [0.05, 0.1) is 20.4 Å². The number of aromatic nitrogens is 1. The third-order valence-corrected chi connectivity index (χ3v) is 5.37. The average Bonchev–Trinajstić information content (AvgIpc) is 3.21. The van der Waals surface area contributed by atoms with E-state index in [1.54, 1.807) is 44.4 Å². The second-order valence-electron chi connectivity index (χ2n) is 6.18. The van der Waals surface area contributed by atoms with Gasteiger partial charge in [0.15, 0.2) is 11.5 Å². The zero-order chi connectivity index (χ0) is 20.1. The van der Waals surface area contributed by atoms with E-state index in [1.165, 1.54) is 23.6 Å². The lowest BCUT2D eigenvalue weighted by molar-refractivity contribution is 0.0801. The first-order valence-electron chi connectivity index (χ1n) is 8.70. The number of hydrogen-bond donors (Lipinski definition) is 0. The van der Waals surface area contributed by atoms with Gasteiger partial charge < -0.3 is 14.4 Å². The lowest BCUT2D eigenvalue weighted by Crippen LogP contribution is -2.28. The van der Waals surface area contributed by atoms with Crippen LogP contribution in [0.4, 0.5) is 4.39 Å². The minimum atomic E-state index is -0.349. The fourth-order valence-electron chi connectivity index (χ4n) is 2.75. The molecule has 0 unspecified atom stereocenters. The third-order valence-electron chi connectivity index (χ3n) is 4.35. The molecule has 0 bridgehead atoms. The number of benzene rings is 2. The van der Waals surface area contributed by atoms with E-state index in [9.17, 15) is 9.18 Å². The smallest absolute Gasteiger partial charge is 0.265 e. The number of methoxy groups -OCH3 is 2. The van der Waals surface area contributed by atoms with Crippen molar-refractivity contribution in [2.45, 2.75) is 6.42 Å². The van der Waals surface area contributed by atoms with Gasteiger partial charge in [-0.25, -0.2) is 9.37 Å². The van der Waals surface area contributed by atoms with Crippen molar-refractivity contribution in [1.82, 2.24) is 9.88 Å². The highest BCUT2D eigenvalue weighted by molar-refractivity contribution is 7.16. The number of thiazole rings is 1. The van der Waals surface area contributed by atoms with Gasteiger partial charge in [-0.3, -0.25) is 4.79 Å². The molecule has 3 rings (SSSR count). The number of halogens is 1. The van der Waals surface area contributed by atoms with Gasteiger partial charge in [0, 0.05) is 19.2 Å². The Hall–Kier alpha value is -2.93. The number of nitrogens with zero attached hydrogens (tertiary/aromatic N) is 2. The average molecular weight is 400 g/mol. The van der Waals surface area contributed by atoms with Crippen LogP contribution in [0.25, 0.3) is 10.6 Å². The highest BCUT2D eigenvalue weighted by Crippen LogP contribution is 2.29. The minimum absolute atomic E-state index is 0.138. The maximum absolute atomic E-state index is 13.9. The molecule has 0 aliphatic heterocycles. The predicted octanol–water partition coefficient (Wildman–Crippen LogP) is 4.28. The first kappa shape index (κ1) is 19.8. The zero-order valence-corrected chi connectivity index (χ0v) is 16.8. The molecule has 0 N–H and O–H groups in total. The second kappa shape index (κ2) is 8.84. The number of amides is 1. The quantitative estimate of drug-likeness (QED) is 0.594. The highest BCUT2D eigenvalue weighted by atomic mass is 32.1. The maximum Gasteiger partial charge on any atom is 0.265 e. The van der Waals surface area contributed by atoms with Crippen molar-refractivity contribution in [2.24, 2.45) is 0 Å². The molecule has 0 fully saturated rings. The van der Waals surface area contributed by atoms with Crippen LogP contribution in [0.5, 0.6) is 11.5 Å². The molecule has 2 aromatic carbocycles. The van der Waals surface area contributed by atoms with Crippen LogP contribution in [0.15, 0.2) is 48.7 Å².